The molecule has 5 rings (SSSR count). The van der Waals surface area contributed by atoms with E-state index in [-0.39, 0.29) is 40.6 Å². The maximum Gasteiger partial charge on any atom is 0.277 e. The summed E-state index contributed by atoms with van der Waals surface area (Å²) in [5.74, 6) is -0.286. The fourth-order valence-electron chi connectivity index (χ4n) is 4.39. The van der Waals surface area contributed by atoms with Gasteiger partial charge in [-0.1, -0.05) is 12.1 Å². The molecule has 1 atom stereocenters. The highest BCUT2D eigenvalue weighted by Crippen LogP contribution is 2.26. The van der Waals surface area contributed by atoms with Gasteiger partial charge in [-0.25, -0.2) is 9.37 Å². The highest BCUT2D eigenvalue weighted by molar-refractivity contribution is 5.87. The number of methoxy groups -OCH3 is 1. The lowest BCUT2D eigenvalue weighted by atomic mass is 10.1. The van der Waals surface area contributed by atoms with Crippen molar-refractivity contribution in [3.63, 3.8) is 0 Å². The lowest BCUT2D eigenvalue weighted by Crippen LogP contribution is -2.39. The Kier molecular flexibility index (Phi) is 6.29. The standard InChI is InChI=1S/C23H24FN7O4/c1-14(12-33-2)22-27-21(28-35-22)18-20-23(32)30(6-5-29-7-9-34-10-8-29)19-15(11-25)16(24)3-4-17(19)31(20)13-26-18/h3-4,13-14H,5-10,12H2,1-2H3. The minimum Gasteiger partial charge on any atom is -0.384 e. The van der Waals surface area contributed by atoms with Crippen LogP contribution in [0.5, 0.6) is 0 Å². The predicted octanol–water partition coefficient (Wildman–Crippen LogP) is 1.79. The van der Waals surface area contributed by atoms with Crippen LogP contribution in [0.25, 0.3) is 28.1 Å². The average molecular weight is 481 g/mol. The summed E-state index contributed by atoms with van der Waals surface area (Å²) in [7, 11) is 1.58. The van der Waals surface area contributed by atoms with Gasteiger partial charge in [0.25, 0.3) is 5.56 Å². The molecule has 1 saturated heterocycles. The van der Waals surface area contributed by atoms with E-state index in [0.29, 0.717) is 37.8 Å². The molecule has 4 heterocycles. The number of benzene rings is 1. The van der Waals surface area contributed by atoms with Gasteiger partial charge in [-0.15, -0.1) is 0 Å². The molecule has 35 heavy (non-hydrogen) atoms. The number of morpholine rings is 1. The highest BCUT2D eigenvalue weighted by Gasteiger charge is 2.24. The topological polar surface area (TPSA) is 124 Å². The number of aromatic nitrogens is 5. The summed E-state index contributed by atoms with van der Waals surface area (Å²) in [6, 6.07) is 4.68. The number of imidazole rings is 1. The molecule has 0 N–H and O–H groups in total. The Labute approximate surface area is 199 Å². The largest absolute Gasteiger partial charge is 0.384 e. The van der Waals surface area contributed by atoms with Gasteiger partial charge in [0, 0.05) is 33.3 Å². The van der Waals surface area contributed by atoms with Gasteiger partial charge in [0.05, 0.1) is 36.8 Å². The molecule has 12 heteroatoms. The SMILES string of the molecule is COCC(C)c1nc(-c2ncn3c2c(=O)n(CCN2CCOCC2)c2c(C#N)c(F)ccc23)no1. The first kappa shape index (κ1) is 23.1. The van der Waals surface area contributed by atoms with E-state index in [0.717, 1.165) is 13.1 Å². The van der Waals surface area contributed by atoms with E-state index in [1.54, 1.807) is 11.5 Å². The maximum absolute atomic E-state index is 14.6. The van der Waals surface area contributed by atoms with Crippen molar-refractivity contribution in [2.75, 3.05) is 46.6 Å². The molecule has 3 aromatic heterocycles. The molecular formula is C23H24FN7O4. The summed E-state index contributed by atoms with van der Waals surface area (Å²) in [5.41, 5.74) is 0.575. The number of rotatable bonds is 7. The van der Waals surface area contributed by atoms with E-state index in [2.05, 4.69) is 20.0 Å². The van der Waals surface area contributed by atoms with Crippen LogP contribution in [-0.4, -0.2) is 75.6 Å². The third kappa shape index (κ3) is 4.07. The van der Waals surface area contributed by atoms with E-state index >= 15 is 0 Å². The van der Waals surface area contributed by atoms with Crippen molar-refractivity contribution in [1.29, 1.82) is 5.26 Å². The molecule has 0 saturated carbocycles. The monoisotopic (exact) mass is 481 g/mol. The first-order valence-corrected chi connectivity index (χ1v) is 11.3. The first-order chi connectivity index (χ1) is 17.0. The molecule has 1 aliphatic rings. The van der Waals surface area contributed by atoms with Gasteiger partial charge in [0.2, 0.25) is 11.7 Å². The van der Waals surface area contributed by atoms with Crippen LogP contribution in [0.3, 0.4) is 0 Å². The Hall–Kier alpha value is -3.66. The summed E-state index contributed by atoms with van der Waals surface area (Å²) < 4.78 is 33.5. The zero-order valence-corrected chi connectivity index (χ0v) is 19.4. The van der Waals surface area contributed by atoms with Gasteiger partial charge in [0.15, 0.2) is 0 Å². The highest BCUT2D eigenvalue weighted by atomic mass is 19.1. The van der Waals surface area contributed by atoms with Crippen molar-refractivity contribution < 1.29 is 18.4 Å². The van der Waals surface area contributed by atoms with E-state index < -0.39 is 11.4 Å². The van der Waals surface area contributed by atoms with Crippen LogP contribution in [0.1, 0.15) is 24.3 Å². The van der Waals surface area contributed by atoms with Crippen molar-refractivity contribution in [2.45, 2.75) is 19.4 Å². The first-order valence-electron chi connectivity index (χ1n) is 11.3. The van der Waals surface area contributed by atoms with E-state index in [9.17, 15) is 14.4 Å². The minimum absolute atomic E-state index is 0.137. The molecule has 1 unspecified atom stereocenters. The van der Waals surface area contributed by atoms with Crippen LogP contribution in [0.4, 0.5) is 4.39 Å². The van der Waals surface area contributed by atoms with Crippen molar-refractivity contribution in [3.8, 4) is 17.6 Å². The van der Waals surface area contributed by atoms with Crippen LogP contribution in [-0.2, 0) is 16.0 Å². The molecule has 0 bridgehead atoms. The fraction of sp³-hybridized carbons (Fsp3) is 0.435. The summed E-state index contributed by atoms with van der Waals surface area (Å²) in [4.78, 5) is 24.8. The number of nitriles is 1. The van der Waals surface area contributed by atoms with Gasteiger partial charge in [-0.3, -0.25) is 14.1 Å². The lowest BCUT2D eigenvalue weighted by molar-refractivity contribution is 0.0364. The van der Waals surface area contributed by atoms with Crippen LogP contribution in [0.15, 0.2) is 27.8 Å². The number of ether oxygens (including phenoxy) is 2. The number of hydrogen-bond acceptors (Lipinski definition) is 9. The molecule has 0 radical (unpaired) electrons. The van der Waals surface area contributed by atoms with E-state index in [1.165, 1.54) is 23.0 Å². The zero-order valence-electron chi connectivity index (χ0n) is 19.4. The lowest BCUT2D eigenvalue weighted by Gasteiger charge is -2.27. The molecule has 0 aliphatic carbocycles. The second-order valence-electron chi connectivity index (χ2n) is 8.44. The van der Waals surface area contributed by atoms with Crippen LogP contribution in [0, 0.1) is 17.1 Å². The predicted molar refractivity (Wildman–Crippen MR) is 122 cm³/mol. The van der Waals surface area contributed by atoms with E-state index in [1.807, 2.05) is 13.0 Å². The number of nitrogens with zero attached hydrogens (tertiary/aromatic N) is 7. The molecule has 182 valence electrons. The van der Waals surface area contributed by atoms with Crippen molar-refractivity contribution in [2.24, 2.45) is 0 Å². The van der Waals surface area contributed by atoms with Gasteiger partial charge >= 0.3 is 0 Å². The summed E-state index contributed by atoms with van der Waals surface area (Å²) in [6.45, 7) is 5.78. The number of fused-ring (bicyclic) bond motifs is 3. The molecule has 0 spiro atoms. The Bertz CT molecular complexity index is 1480. The van der Waals surface area contributed by atoms with Gasteiger partial charge < -0.3 is 18.6 Å². The Morgan fingerprint density at radius 1 is 1.26 bits per heavy atom. The number of halogens is 1. The Balaban J connectivity index is 1.68. The number of hydrogen-bond donors (Lipinski definition) is 0. The summed E-state index contributed by atoms with van der Waals surface area (Å²) in [5, 5.41) is 13.7. The van der Waals surface area contributed by atoms with Crippen molar-refractivity contribution in [3.05, 3.63) is 46.1 Å². The van der Waals surface area contributed by atoms with Gasteiger partial charge in [-0.05, 0) is 12.1 Å². The van der Waals surface area contributed by atoms with Crippen molar-refractivity contribution in [1.82, 2.24) is 29.0 Å². The van der Waals surface area contributed by atoms with Crippen molar-refractivity contribution >= 4 is 16.6 Å². The van der Waals surface area contributed by atoms with E-state index in [4.69, 9.17) is 14.0 Å². The van der Waals surface area contributed by atoms with Crippen LogP contribution < -0.4 is 5.56 Å². The summed E-state index contributed by atoms with van der Waals surface area (Å²) >= 11 is 0. The molecule has 1 aliphatic heterocycles. The Morgan fingerprint density at radius 3 is 2.80 bits per heavy atom. The fourth-order valence-corrected chi connectivity index (χ4v) is 4.39. The molecule has 1 aromatic carbocycles. The minimum atomic E-state index is -0.686. The quantitative estimate of drug-likeness (QED) is 0.389. The van der Waals surface area contributed by atoms with Gasteiger partial charge in [-0.2, -0.15) is 10.2 Å². The van der Waals surface area contributed by atoms with Crippen LogP contribution in [0.2, 0.25) is 0 Å². The summed E-state index contributed by atoms with van der Waals surface area (Å²) in [6.07, 6.45) is 1.45. The second kappa shape index (κ2) is 9.53. The Morgan fingerprint density at radius 2 is 2.06 bits per heavy atom. The molecule has 4 aromatic rings. The second-order valence-corrected chi connectivity index (χ2v) is 8.44. The zero-order chi connectivity index (χ0) is 24.5. The van der Waals surface area contributed by atoms with Gasteiger partial charge in [0.1, 0.15) is 35.0 Å². The smallest absolute Gasteiger partial charge is 0.277 e. The maximum atomic E-state index is 14.6. The molecule has 1 fully saturated rings. The molecular weight excluding hydrogens is 457 g/mol. The molecule has 0 amide bonds. The third-order valence-corrected chi connectivity index (χ3v) is 6.20. The average Bonchev–Trinajstić information content (AvgIpc) is 3.53. The third-order valence-electron chi connectivity index (χ3n) is 6.20. The molecule has 11 nitrogen and oxygen atoms in total. The normalized spacial score (nSPS) is 15.6. The van der Waals surface area contributed by atoms with Crippen LogP contribution >= 0.6 is 0 Å².